The van der Waals surface area contributed by atoms with Gasteiger partial charge >= 0.3 is 17.9 Å². The van der Waals surface area contributed by atoms with Gasteiger partial charge in [-0.2, -0.15) is 0 Å². The first-order valence-corrected chi connectivity index (χ1v) is 32.2. The first-order chi connectivity index (χ1) is 37.5. The zero-order valence-electron chi connectivity index (χ0n) is 50.0. The van der Waals surface area contributed by atoms with Crippen LogP contribution in [0, 0.1) is 0 Å². The molecule has 6 heteroatoms. The monoisotopic (exact) mass is 1060 g/mol. The highest BCUT2D eigenvalue weighted by atomic mass is 16.6. The molecule has 6 nitrogen and oxygen atoms in total. The first kappa shape index (κ1) is 72.3. The van der Waals surface area contributed by atoms with Gasteiger partial charge in [0.15, 0.2) is 6.10 Å². The molecule has 0 amide bonds. The molecule has 0 radical (unpaired) electrons. The maximum Gasteiger partial charge on any atom is 0.306 e. The van der Waals surface area contributed by atoms with Gasteiger partial charge in [0.2, 0.25) is 0 Å². The normalized spacial score (nSPS) is 12.7. The fraction of sp³-hybridized carbons (Fsp3) is 0.729. The molecule has 0 aliphatic heterocycles. The fourth-order valence-electron chi connectivity index (χ4n) is 9.01. The molecule has 0 saturated heterocycles. The molecule has 0 aromatic carbocycles. The Balaban J connectivity index is 4.09. The standard InChI is InChI=1S/C70H120O6/c1-4-7-10-13-16-18-20-22-24-26-28-30-32-33-34-35-36-37-39-40-42-44-46-48-50-52-54-57-60-63-69(72)75-66-67(65-74-68(71)62-59-56-15-12-9-6-3)76-70(73)64-61-58-55-53-51-49-47-45-43-41-38-31-29-27-25-23-21-19-17-14-11-8-5-2/h8,11,17,19-20,22-23,25-26,28-29,31-33,41,43,67H,4-7,9-10,12-16,18,21,24,27,30,34-40,42,44-66H2,1-3H3/b11-8-,19-17-,22-20-,25-23-,28-26-,31-29-,33-32-,43-41-. The topological polar surface area (TPSA) is 78.9 Å². The third kappa shape index (κ3) is 61.2. The van der Waals surface area contributed by atoms with Gasteiger partial charge in [-0.15, -0.1) is 0 Å². The van der Waals surface area contributed by atoms with Gasteiger partial charge < -0.3 is 14.2 Å². The van der Waals surface area contributed by atoms with E-state index in [0.717, 1.165) is 109 Å². The quantitative estimate of drug-likeness (QED) is 0.0261. The number of hydrogen-bond acceptors (Lipinski definition) is 6. The predicted octanol–water partition coefficient (Wildman–Crippen LogP) is 22.0. The Morgan fingerprint density at radius 2 is 0.513 bits per heavy atom. The number of ether oxygens (including phenoxy) is 3. The minimum Gasteiger partial charge on any atom is -0.462 e. The summed E-state index contributed by atoms with van der Waals surface area (Å²) < 4.78 is 16.8. The molecule has 0 aliphatic carbocycles. The summed E-state index contributed by atoms with van der Waals surface area (Å²) in [4.78, 5) is 38.0. The Bertz CT molecular complexity index is 1490. The summed E-state index contributed by atoms with van der Waals surface area (Å²) in [5.74, 6) is -0.895. The Morgan fingerprint density at radius 1 is 0.276 bits per heavy atom. The summed E-state index contributed by atoms with van der Waals surface area (Å²) in [5, 5.41) is 0. The third-order valence-electron chi connectivity index (χ3n) is 13.8. The lowest BCUT2D eigenvalue weighted by molar-refractivity contribution is -0.167. The van der Waals surface area contributed by atoms with Crippen LogP contribution in [0.2, 0.25) is 0 Å². The van der Waals surface area contributed by atoms with Crippen molar-refractivity contribution in [2.45, 2.75) is 316 Å². The second-order valence-electron chi connectivity index (χ2n) is 21.3. The van der Waals surface area contributed by atoms with E-state index < -0.39 is 6.10 Å². The number of allylic oxidation sites excluding steroid dienone is 16. The van der Waals surface area contributed by atoms with Crippen LogP contribution in [0.1, 0.15) is 310 Å². The van der Waals surface area contributed by atoms with Crippen molar-refractivity contribution < 1.29 is 28.6 Å². The molecule has 0 aliphatic rings. The van der Waals surface area contributed by atoms with Gasteiger partial charge in [-0.3, -0.25) is 14.4 Å². The average Bonchev–Trinajstić information content (AvgIpc) is 3.42. The van der Waals surface area contributed by atoms with Crippen molar-refractivity contribution in [1.29, 1.82) is 0 Å². The molecule has 76 heavy (non-hydrogen) atoms. The molecule has 0 saturated carbocycles. The van der Waals surface area contributed by atoms with Gasteiger partial charge in [0.05, 0.1) is 0 Å². The molecule has 1 atom stereocenters. The third-order valence-corrected chi connectivity index (χ3v) is 13.8. The van der Waals surface area contributed by atoms with Crippen LogP contribution >= 0.6 is 0 Å². The number of unbranched alkanes of at least 4 members (excludes halogenated alkanes) is 31. The van der Waals surface area contributed by atoms with Crippen LogP contribution in [0.3, 0.4) is 0 Å². The Morgan fingerprint density at radius 3 is 0.803 bits per heavy atom. The van der Waals surface area contributed by atoms with Crippen molar-refractivity contribution in [2.75, 3.05) is 13.2 Å². The van der Waals surface area contributed by atoms with Crippen LogP contribution in [0.4, 0.5) is 0 Å². The Labute approximate surface area is 470 Å². The Kier molecular flexibility index (Phi) is 60.8. The summed E-state index contributed by atoms with van der Waals surface area (Å²) in [6.45, 7) is 6.47. The van der Waals surface area contributed by atoms with E-state index in [9.17, 15) is 14.4 Å². The summed E-state index contributed by atoms with van der Waals surface area (Å²) in [6, 6.07) is 0. The largest absolute Gasteiger partial charge is 0.462 e. The van der Waals surface area contributed by atoms with Crippen LogP contribution in [0.25, 0.3) is 0 Å². The summed E-state index contributed by atoms with van der Waals surface area (Å²) >= 11 is 0. The van der Waals surface area contributed by atoms with Crippen molar-refractivity contribution in [3.63, 3.8) is 0 Å². The highest BCUT2D eigenvalue weighted by Crippen LogP contribution is 2.16. The molecule has 0 N–H and O–H groups in total. The maximum atomic E-state index is 12.8. The van der Waals surface area contributed by atoms with E-state index in [1.165, 1.54) is 161 Å². The number of hydrogen-bond donors (Lipinski definition) is 0. The van der Waals surface area contributed by atoms with E-state index in [1.807, 2.05) is 0 Å². The van der Waals surface area contributed by atoms with E-state index in [-0.39, 0.29) is 31.1 Å². The van der Waals surface area contributed by atoms with Gasteiger partial charge in [0, 0.05) is 19.3 Å². The van der Waals surface area contributed by atoms with Crippen molar-refractivity contribution in [3.05, 3.63) is 97.2 Å². The first-order valence-electron chi connectivity index (χ1n) is 32.2. The summed E-state index contributed by atoms with van der Waals surface area (Å²) in [5.41, 5.74) is 0. The summed E-state index contributed by atoms with van der Waals surface area (Å²) in [6.07, 6.45) is 85.9. The van der Waals surface area contributed by atoms with Gasteiger partial charge in [0.25, 0.3) is 0 Å². The minimum atomic E-state index is -0.782. The van der Waals surface area contributed by atoms with E-state index in [2.05, 4.69) is 118 Å². The van der Waals surface area contributed by atoms with Crippen molar-refractivity contribution in [1.82, 2.24) is 0 Å². The molecule has 0 spiro atoms. The smallest absolute Gasteiger partial charge is 0.306 e. The SMILES string of the molecule is CC/C=C\C/C=C\C/C=C\C/C=C\C/C=C\CCCCCCCCCC(=O)OC(COC(=O)CCCCCCCC)COC(=O)CCCCCCCCCCCCCCCC/C=C\C/C=C\C/C=C\CCCCCCC. The van der Waals surface area contributed by atoms with Crippen molar-refractivity contribution in [2.24, 2.45) is 0 Å². The number of rotatable bonds is 58. The van der Waals surface area contributed by atoms with Gasteiger partial charge in [-0.1, -0.05) is 285 Å². The van der Waals surface area contributed by atoms with Gasteiger partial charge in [-0.25, -0.2) is 0 Å². The van der Waals surface area contributed by atoms with Crippen LogP contribution in [-0.4, -0.2) is 37.2 Å². The molecule has 436 valence electrons. The maximum absolute atomic E-state index is 12.8. The van der Waals surface area contributed by atoms with E-state index in [4.69, 9.17) is 14.2 Å². The zero-order valence-corrected chi connectivity index (χ0v) is 50.0. The molecule has 1 unspecified atom stereocenters. The van der Waals surface area contributed by atoms with Crippen LogP contribution in [-0.2, 0) is 28.6 Å². The highest BCUT2D eigenvalue weighted by molar-refractivity contribution is 5.71. The van der Waals surface area contributed by atoms with E-state index in [0.29, 0.717) is 19.3 Å². The molecule has 0 aromatic heterocycles. The molecular weight excluding hydrogens is 937 g/mol. The predicted molar refractivity (Wildman–Crippen MR) is 330 cm³/mol. The lowest BCUT2D eigenvalue weighted by Gasteiger charge is -2.18. The van der Waals surface area contributed by atoms with Crippen LogP contribution < -0.4 is 0 Å². The average molecular weight is 1060 g/mol. The molecule has 0 aromatic rings. The van der Waals surface area contributed by atoms with Gasteiger partial charge in [0.1, 0.15) is 13.2 Å². The van der Waals surface area contributed by atoms with Gasteiger partial charge in [-0.05, 0) is 103 Å². The molecule has 0 fully saturated rings. The van der Waals surface area contributed by atoms with Crippen molar-refractivity contribution in [3.8, 4) is 0 Å². The minimum absolute atomic E-state index is 0.0810. The zero-order chi connectivity index (χ0) is 55.0. The number of carbonyl (C=O) groups excluding carboxylic acids is 3. The molecule has 0 heterocycles. The van der Waals surface area contributed by atoms with Crippen LogP contribution in [0.15, 0.2) is 97.2 Å². The second kappa shape index (κ2) is 63.9. The van der Waals surface area contributed by atoms with E-state index in [1.54, 1.807) is 0 Å². The lowest BCUT2D eigenvalue weighted by atomic mass is 10.0. The second-order valence-corrected chi connectivity index (χ2v) is 21.3. The molecule has 0 bridgehead atoms. The Hall–Kier alpha value is -3.67. The molecular formula is C70H120O6. The number of carbonyl (C=O) groups is 3. The number of esters is 3. The van der Waals surface area contributed by atoms with Crippen molar-refractivity contribution >= 4 is 17.9 Å². The van der Waals surface area contributed by atoms with Crippen LogP contribution in [0.5, 0.6) is 0 Å². The lowest BCUT2D eigenvalue weighted by Crippen LogP contribution is -2.30. The summed E-state index contributed by atoms with van der Waals surface area (Å²) in [7, 11) is 0. The fourth-order valence-corrected chi connectivity index (χ4v) is 9.01. The van der Waals surface area contributed by atoms with E-state index >= 15 is 0 Å². The molecule has 0 rings (SSSR count). The highest BCUT2D eigenvalue weighted by Gasteiger charge is 2.19.